The van der Waals surface area contributed by atoms with Crippen molar-refractivity contribution in [2.75, 3.05) is 13.1 Å². The molecule has 0 radical (unpaired) electrons. The lowest BCUT2D eigenvalue weighted by Crippen LogP contribution is -2.24. The monoisotopic (exact) mass is 220 g/mol. The second kappa shape index (κ2) is 5.97. The summed E-state index contributed by atoms with van der Waals surface area (Å²) in [7, 11) is 0. The topological polar surface area (TPSA) is 45.1 Å². The zero-order chi connectivity index (χ0) is 11.2. The van der Waals surface area contributed by atoms with E-state index in [1.165, 1.54) is 12.0 Å². The number of rotatable bonds is 5. The third-order valence-corrected chi connectivity index (χ3v) is 3.26. The summed E-state index contributed by atoms with van der Waals surface area (Å²) in [5.41, 5.74) is 1.28. The Labute approximate surface area is 96.9 Å². The van der Waals surface area contributed by atoms with E-state index < -0.39 is 0 Å². The van der Waals surface area contributed by atoms with Crippen molar-refractivity contribution in [3.63, 3.8) is 0 Å². The molecule has 0 amide bonds. The summed E-state index contributed by atoms with van der Waals surface area (Å²) in [4.78, 5) is 4.09. The molecule has 1 saturated carbocycles. The molecule has 1 heterocycles. The van der Waals surface area contributed by atoms with Crippen LogP contribution < -0.4 is 5.32 Å². The molecule has 2 atom stereocenters. The molecular weight excluding hydrogens is 200 g/mol. The smallest absolute Gasteiger partial charge is 0.0543 e. The average molecular weight is 220 g/mol. The largest absolute Gasteiger partial charge is 0.393 e. The average Bonchev–Trinajstić information content (AvgIpc) is 2.72. The van der Waals surface area contributed by atoms with Crippen molar-refractivity contribution in [2.45, 2.75) is 31.8 Å². The van der Waals surface area contributed by atoms with Crippen molar-refractivity contribution in [1.82, 2.24) is 10.3 Å². The molecular formula is C13H20N2O. The van der Waals surface area contributed by atoms with Gasteiger partial charge in [-0.3, -0.25) is 4.98 Å². The van der Waals surface area contributed by atoms with Gasteiger partial charge in [-0.1, -0.05) is 6.07 Å². The summed E-state index contributed by atoms with van der Waals surface area (Å²) >= 11 is 0. The number of pyridine rings is 1. The normalized spacial score (nSPS) is 24.8. The van der Waals surface area contributed by atoms with Crippen molar-refractivity contribution in [3.05, 3.63) is 30.1 Å². The van der Waals surface area contributed by atoms with Gasteiger partial charge < -0.3 is 10.4 Å². The number of nitrogens with zero attached hydrogens (tertiary/aromatic N) is 1. The number of aliphatic hydroxyl groups excluding tert-OH is 1. The maximum atomic E-state index is 9.40. The van der Waals surface area contributed by atoms with Gasteiger partial charge in [0.1, 0.15) is 0 Å². The Hall–Kier alpha value is -0.930. The second-order valence-electron chi connectivity index (χ2n) is 4.65. The Morgan fingerprint density at radius 3 is 3.06 bits per heavy atom. The summed E-state index contributed by atoms with van der Waals surface area (Å²) in [5.74, 6) is 0.670. The summed E-state index contributed by atoms with van der Waals surface area (Å²) in [6, 6.07) is 4.08. The van der Waals surface area contributed by atoms with E-state index in [9.17, 15) is 5.11 Å². The molecule has 1 aliphatic rings. The lowest BCUT2D eigenvalue weighted by Gasteiger charge is -2.10. The first-order valence-corrected chi connectivity index (χ1v) is 6.12. The van der Waals surface area contributed by atoms with Crippen LogP contribution in [0, 0.1) is 5.92 Å². The first-order valence-electron chi connectivity index (χ1n) is 6.12. The van der Waals surface area contributed by atoms with E-state index in [2.05, 4.69) is 16.4 Å². The molecule has 88 valence electrons. The molecule has 1 aromatic rings. The van der Waals surface area contributed by atoms with E-state index >= 15 is 0 Å². The van der Waals surface area contributed by atoms with Crippen LogP contribution >= 0.6 is 0 Å². The molecule has 0 aromatic carbocycles. The Kier molecular flexibility index (Phi) is 4.31. The molecule has 1 aliphatic carbocycles. The fourth-order valence-electron chi connectivity index (χ4n) is 2.32. The van der Waals surface area contributed by atoms with Crippen LogP contribution in [0.2, 0.25) is 0 Å². The standard InChI is InChI=1S/C13H20N2O/c16-13-4-3-12(8-13)10-15-7-5-11-2-1-6-14-9-11/h1-2,6,9,12-13,15-16H,3-5,7-8,10H2. The Morgan fingerprint density at radius 1 is 1.44 bits per heavy atom. The van der Waals surface area contributed by atoms with Crippen molar-refractivity contribution < 1.29 is 5.11 Å². The quantitative estimate of drug-likeness (QED) is 0.737. The minimum absolute atomic E-state index is 0.0508. The maximum absolute atomic E-state index is 9.40. The Morgan fingerprint density at radius 2 is 2.38 bits per heavy atom. The predicted molar refractivity (Wildman–Crippen MR) is 64.2 cm³/mol. The van der Waals surface area contributed by atoms with Crippen LogP contribution in [-0.2, 0) is 6.42 Å². The fraction of sp³-hybridized carbons (Fsp3) is 0.615. The van der Waals surface area contributed by atoms with Crippen molar-refractivity contribution in [2.24, 2.45) is 5.92 Å². The van der Waals surface area contributed by atoms with E-state index in [1.54, 1.807) is 6.20 Å². The minimum Gasteiger partial charge on any atom is -0.393 e. The van der Waals surface area contributed by atoms with Crippen LogP contribution in [-0.4, -0.2) is 29.3 Å². The van der Waals surface area contributed by atoms with Gasteiger partial charge in [-0.05, 0) is 56.3 Å². The van der Waals surface area contributed by atoms with E-state index in [0.29, 0.717) is 5.92 Å². The van der Waals surface area contributed by atoms with Crippen molar-refractivity contribution in [3.8, 4) is 0 Å². The highest BCUT2D eigenvalue weighted by molar-refractivity contribution is 5.08. The number of nitrogens with one attached hydrogen (secondary N) is 1. The molecule has 0 bridgehead atoms. The van der Waals surface area contributed by atoms with Gasteiger partial charge >= 0.3 is 0 Å². The SMILES string of the molecule is OC1CCC(CNCCc2cccnc2)C1. The first kappa shape index (κ1) is 11.6. The molecule has 2 N–H and O–H groups in total. The maximum Gasteiger partial charge on any atom is 0.0543 e. The van der Waals surface area contributed by atoms with E-state index in [4.69, 9.17) is 0 Å². The molecule has 16 heavy (non-hydrogen) atoms. The third kappa shape index (κ3) is 3.58. The summed E-state index contributed by atoms with van der Waals surface area (Å²) in [5, 5.41) is 12.9. The van der Waals surface area contributed by atoms with Crippen LogP contribution in [0.5, 0.6) is 0 Å². The van der Waals surface area contributed by atoms with Gasteiger partial charge in [-0.25, -0.2) is 0 Å². The zero-order valence-corrected chi connectivity index (χ0v) is 9.60. The highest BCUT2D eigenvalue weighted by Gasteiger charge is 2.21. The van der Waals surface area contributed by atoms with Gasteiger partial charge in [-0.2, -0.15) is 0 Å². The van der Waals surface area contributed by atoms with Crippen LogP contribution in [0.15, 0.2) is 24.5 Å². The van der Waals surface area contributed by atoms with E-state index in [1.807, 2.05) is 12.3 Å². The lowest BCUT2D eigenvalue weighted by molar-refractivity contribution is 0.177. The molecule has 3 nitrogen and oxygen atoms in total. The minimum atomic E-state index is -0.0508. The fourth-order valence-corrected chi connectivity index (χ4v) is 2.32. The highest BCUT2D eigenvalue weighted by atomic mass is 16.3. The number of aromatic nitrogens is 1. The van der Waals surface area contributed by atoms with E-state index in [-0.39, 0.29) is 6.10 Å². The molecule has 2 rings (SSSR count). The van der Waals surface area contributed by atoms with Crippen LogP contribution in [0.25, 0.3) is 0 Å². The highest BCUT2D eigenvalue weighted by Crippen LogP contribution is 2.24. The summed E-state index contributed by atoms with van der Waals surface area (Å²) in [6.07, 6.45) is 7.82. The predicted octanol–water partition coefficient (Wildman–Crippen LogP) is 1.37. The van der Waals surface area contributed by atoms with Gasteiger partial charge in [-0.15, -0.1) is 0 Å². The van der Waals surface area contributed by atoms with Gasteiger partial charge in [0.25, 0.3) is 0 Å². The molecule has 0 spiro atoms. The van der Waals surface area contributed by atoms with Crippen LogP contribution in [0.1, 0.15) is 24.8 Å². The summed E-state index contributed by atoms with van der Waals surface area (Å²) < 4.78 is 0. The Bertz CT molecular complexity index is 302. The zero-order valence-electron chi connectivity index (χ0n) is 9.60. The number of hydrogen-bond donors (Lipinski definition) is 2. The third-order valence-electron chi connectivity index (χ3n) is 3.26. The van der Waals surface area contributed by atoms with Gasteiger partial charge in [0, 0.05) is 12.4 Å². The van der Waals surface area contributed by atoms with Crippen molar-refractivity contribution in [1.29, 1.82) is 0 Å². The lowest BCUT2D eigenvalue weighted by atomic mass is 10.1. The molecule has 1 aromatic heterocycles. The first-order chi connectivity index (χ1) is 7.84. The number of aliphatic hydroxyl groups is 1. The molecule has 0 aliphatic heterocycles. The van der Waals surface area contributed by atoms with Gasteiger partial charge in [0.15, 0.2) is 0 Å². The van der Waals surface area contributed by atoms with Crippen LogP contribution in [0.3, 0.4) is 0 Å². The van der Waals surface area contributed by atoms with Gasteiger partial charge in [0.2, 0.25) is 0 Å². The molecule has 3 heteroatoms. The van der Waals surface area contributed by atoms with Crippen LogP contribution in [0.4, 0.5) is 0 Å². The second-order valence-corrected chi connectivity index (χ2v) is 4.65. The molecule has 0 saturated heterocycles. The van der Waals surface area contributed by atoms with Crippen molar-refractivity contribution >= 4 is 0 Å². The molecule has 1 fully saturated rings. The Balaban J connectivity index is 1.59. The number of hydrogen-bond acceptors (Lipinski definition) is 3. The molecule has 2 unspecified atom stereocenters. The summed E-state index contributed by atoms with van der Waals surface area (Å²) in [6.45, 7) is 2.04. The van der Waals surface area contributed by atoms with Gasteiger partial charge in [0.05, 0.1) is 6.10 Å². The van der Waals surface area contributed by atoms with E-state index in [0.717, 1.165) is 32.4 Å².